The van der Waals surface area contributed by atoms with E-state index in [-0.39, 0.29) is 18.4 Å². The van der Waals surface area contributed by atoms with Crippen molar-refractivity contribution in [1.29, 1.82) is 0 Å². The summed E-state index contributed by atoms with van der Waals surface area (Å²) in [5.41, 5.74) is 5.82. The van der Waals surface area contributed by atoms with Crippen molar-refractivity contribution < 1.29 is 13.2 Å². The zero-order valence-corrected chi connectivity index (χ0v) is 13.1. The highest BCUT2D eigenvalue weighted by atomic mass is 19.4. The maximum atomic E-state index is 12.9. The number of alkyl halides is 3. The molecule has 2 rings (SSSR count). The van der Waals surface area contributed by atoms with Gasteiger partial charge in [0.25, 0.3) is 0 Å². The second-order valence-electron chi connectivity index (χ2n) is 7.00. The van der Waals surface area contributed by atoms with Crippen LogP contribution in [0, 0.1) is 5.92 Å². The molecule has 1 saturated heterocycles. The fourth-order valence-electron chi connectivity index (χ4n) is 4.16. The quantitative estimate of drug-likeness (QED) is 0.866. The summed E-state index contributed by atoms with van der Waals surface area (Å²) in [5.74, 6) is -1.13. The maximum absolute atomic E-state index is 12.9. The molecule has 0 aromatic rings. The van der Waals surface area contributed by atoms with Crippen molar-refractivity contribution in [3.05, 3.63) is 0 Å². The Morgan fingerprint density at radius 1 is 1.19 bits per heavy atom. The van der Waals surface area contributed by atoms with Crippen molar-refractivity contribution in [1.82, 2.24) is 9.80 Å². The van der Waals surface area contributed by atoms with E-state index in [1.165, 1.54) is 0 Å². The van der Waals surface area contributed by atoms with Crippen LogP contribution >= 0.6 is 0 Å². The molecule has 1 aliphatic carbocycles. The van der Waals surface area contributed by atoms with Crippen molar-refractivity contribution in [2.24, 2.45) is 11.7 Å². The Kier molecular flexibility index (Phi) is 5.21. The number of halogens is 3. The summed E-state index contributed by atoms with van der Waals surface area (Å²) in [6.07, 6.45) is -0.173. The SMILES string of the molecule is CN(C)CC1CCCN1C1(CN)CCC(C(F)(F)F)CC1. The monoisotopic (exact) mass is 307 g/mol. The Balaban J connectivity index is 2.05. The van der Waals surface area contributed by atoms with Gasteiger partial charge < -0.3 is 10.6 Å². The molecule has 0 amide bonds. The van der Waals surface area contributed by atoms with Gasteiger partial charge in [-0.1, -0.05) is 0 Å². The number of nitrogens with two attached hydrogens (primary N) is 1. The van der Waals surface area contributed by atoms with Crippen molar-refractivity contribution in [3.8, 4) is 0 Å². The second kappa shape index (κ2) is 6.42. The highest BCUT2D eigenvalue weighted by Gasteiger charge is 2.49. The van der Waals surface area contributed by atoms with E-state index in [2.05, 4.69) is 9.80 Å². The van der Waals surface area contributed by atoms with E-state index in [0.29, 0.717) is 25.4 Å². The average molecular weight is 307 g/mol. The van der Waals surface area contributed by atoms with Gasteiger partial charge in [-0.05, 0) is 59.2 Å². The topological polar surface area (TPSA) is 32.5 Å². The largest absolute Gasteiger partial charge is 0.391 e. The normalized spacial score (nSPS) is 35.6. The van der Waals surface area contributed by atoms with Gasteiger partial charge in [0.1, 0.15) is 0 Å². The third kappa shape index (κ3) is 3.71. The molecule has 2 fully saturated rings. The molecule has 1 unspecified atom stereocenters. The Morgan fingerprint density at radius 2 is 1.81 bits per heavy atom. The first kappa shape index (κ1) is 17.0. The Morgan fingerprint density at radius 3 is 2.29 bits per heavy atom. The molecule has 1 aliphatic heterocycles. The molecule has 1 atom stereocenters. The minimum Gasteiger partial charge on any atom is -0.329 e. The summed E-state index contributed by atoms with van der Waals surface area (Å²) in [6, 6.07) is 0.436. The molecule has 124 valence electrons. The Labute approximate surface area is 125 Å². The third-order valence-electron chi connectivity index (χ3n) is 5.32. The molecule has 2 aliphatic rings. The zero-order chi connectivity index (χ0) is 15.7. The molecule has 3 nitrogen and oxygen atoms in total. The van der Waals surface area contributed by atoms with Gasteiger partial charge in [-0.2, -0.15) is 13.2 Å². The average Bonchev–Trinajstić information content (AvgIpc) is 2.85. The van der Waals surface area contributed by atoms with Crippen molar-refractivity contribution in [2.45, 2.75) is 56.3 Å². The van der Waals surface area contributed by atoms with Crippen LogP contribution in [0.4, 0.5) is 13.2 Å². The number of hydrogen-bond acceptors (Lipinski definition) is 3. The van der Waals surface area contributed by atoms with Crippen molar-refractivity contribution in [2.75, 3.05) is 33.7 Å². The van der Waals surface area contributed by atoms with Crippen LogP contribution in [0.5, 0.6) is 0 Å². The minimum atomic E-state index is -4.05. The molecule has 0 radical (unpaired) electrons. The lowest BCUT2D eigenvalue weighted by Gasteiger charge is -2.49. The molecule has 0 aromatic heterocycles. The Hall–Kier alpha value is -0.330. The molecular formula is C15H28F3N3. The first-order valence-electron chi connectivity index (χ1n) is 7.97. The minimum absolute atomic E-state index is 0.209. The van der Waals surface area contributed by atoms with Crippen LogP contribution in [-0.4, -0.2) is 61.3 Å². The van der Waals surface area contributed by atoms with Gasteiger partial charge >= 0.3 is 6.18 Å². The first-order valence-corrected chi connectivity index (χ1v) is 7.97. The van der Waals surface area contributed by atoms with E-state index < -0.39 is 12.1 Å². The van der Waals surface area contributed by atoms with E-state index in [1.807, 2.05) is 14.1 Å². The smallest absolute Gasteiger partial charge is 0.329 e. The highest BCUT2D eigenvalue weighted by Crippen LogP contribution is 2.44. The summed E-state index contributed by atoms with van der Waals surface area (Å²) < 4.78 is 38.6. The fraction of sp³-hybridized carbons (Fsp3) is 1.00. The van der Waals surface area contributed by atoms with Gasteiger partial charge in [0.05, 0.1) is 5.92 Å². The summed E-state index contributed by atoms with van der Waals surface area (Å²) in [6.45, 7) is 2.42. The van der Waals surface area contributed by atoms with Gasteiger partial charge in [-0.3, -0.25) is 4.90 Å². The van der Waals surface area contributed by atoms with E-state index >= 15 is 0 Å². The van der Waals surface area contributed by atoms with E-state index in [4.69, 9.17) is 5.73 Å². The van der Waals surface area contributed by atoms with Crippen molar-refractivity contribution >= 4 is 0 Å². The van der Waals surface area contributed by atoms with Gasteiger partial charge in [-0.15, -0.1) is 0 Å². The molecule has 0 spiro atoms. The molecule has 0 aromatic carbocycles. The van der Waals surface area contributed by atoms with Crippen LogP contribution < -0.4 is 5.73 Å². The maximum Gasteiger partial charge on any atom is 0.391 e. The summed E-state index contributed by atoms with van der Waals surface area (Å²) in [4.78, 5) is 4.59. The van der Waals surface area contributed by atoms with E-state index in [1.54, 1.807) is 0 Å². The molecule has 1 heterocycles. The van der Waals surface area contributed by atoms with E-state index in [0.717, 1.165) is 25.9 Å². The van der Waals surface area contributed by atoms with Crippen LogP contribution in [-0.2, 0) is 0 Å². The summed E-state index contributed by atoms with van der Waals surface area (Å²) in [7, 11) is 4.10. The zero-order valence-electron chi connectivity index (χ0n) is 13.1. The lowest BCUT2D eigenvalue weighted by Crippen LogP contribution is -2.59. The molecule has 21 heavy (non-hydrogen) atoms. The lowest BCUT2D eigenvalue weighted by atomic mass is 9.74. The van der Waals surface area contributed by atoms with Gasteiger partial charge in [0.2, 0.25) is 0 Å². The number of hydrogen-bond donors (Lipinski definition) is 1. The second-order valence-corrected chi connectivity index (χ2v) is 7.00. The molecule has 0 bridgehead atoms. The van der Waals surface area contributed by atoms with Crippen LogP contribution in [0.3, 0.4) is 0 Å². The number of likely N-dealkylation sites (N-methyl/N-ethyl adjacent to an activating group) is 1. The molecular weight excluding hydrogens is 279 g/mol. The van der Waals surface area contributed by atoms with Crippen LogP contribution in [0.15, 0.2) is 0 Å². The van der Waals surface area contributed by atoms with Gasteiger partial charge in [-0.25, -0.2) is 0 Å². The molecule has 6 heteroatoms. The predicted molar refractivity (Wildman–Crippen MR) is 78.1 cm³/mol. The fourth-order valence-corrected chi connectivity index (χ4v) is 4.16. The van der Waals surface area contributed by atoms with Crippen LogP contribution in [0.25, 0.3) is 0 Å². The number of likely N-dealkylation sites (tertiary alicyclic amines) is 1. The number of rotatable bonds is 4. The standard InChI is InChI=1S/C15H28F3N3/c1-20(2)10-13-4-3-9-21(13)14(11-19)7-5-12(6-8-14)15(16,17)18/h12-13H,3-11,19H2,1-2H3. The molecule has 2 N–H and O–H groups in total. The first-order chi connectivity index (χ1) is 9.78. The lowest BCUT2D eigenvalue weighted by molar-refractivity contribution is -0.188. The third-order valence-corrected chi connectivity index (χ3v) is 5.32. The molecule has 1 saturated carbocycles. The van der Waals surface area contributed by atoms with Crippen LogP contribution in [0.1, 0.15) is 38.5 Å². The van der Waals surface area contributed by atoms with Gasteiger partial charge in [0.15, 0.2) is 0 Å². The Bertz CT molecular complexity index is 336. The van der Waals surface area contributed by atoms with Crippen LogP contribution in [0.2, 0.25) is 0 Å². The summed E-state index contributed by atoms with van der Waals surface area (Å²) >= 11 is 0. The predicted octanol–water partition coefficient (Wildman–Crippen LogP) is 2.46. The summed E-state index contributed by atoms with van der Waals surface area (Å²) in [5, 5.41) is 0. The van der Waals surface area contributed by atoms with E-state index in [9.17, 15) is 13.2 Å². The van der Waals surface area contributed by atoms with Crippen molar-refractivity contribution in [3.63, 3.8) is 0 Å². The van der Waals surface area contributed by atoms with Gasteiger partial charge in [0, 0.05) is 24.7 Å². The number of nitrogens with zero attached hydrogens (tertiary/aromatic N) is 2. The highest BCUT2D eigenvalue weighted by molar-refractivity contribution is 5.01.